The van der Waals surface area contributed by atoms with Crippen LogP contribution in [0.2, 0.25) is 0 Å². The molecule has 2 amide bonds. The molecule has 3 fully saturated rings. The average molecular weight is 345 g/mol. The Kier molecular flexibility index (Phi) is 4.81. The number of para-hydroxylation sites is 1. The maximum atomic E-state index is 12.6. The second-order valence-electron chi connectivity index (χ2n) is 7.36. The van der Waals surface area contributed by atoms with Crippen LogP contribution >= 0.6 is 0 Å². The van der Waals surface area contributed by atoms with Crippen LogP contribution in [-0.2, 0) is 16.0 Å². The van der Waals surface area contributed by atoms with Crippen LogP contribution < -0.4 is 10.2 Å². The summed E-state index contributed by atoms with van der Waals surface area (Å²) in [5, 5.41) is 3.12. The maximum Gasteiger partial charge on any atom is 0.317 e. The van der Waals surface area contributed by atoms with E-state index in [1.165, 1.54) is 5.69 Å². The lowest BCUT2D eigenvalue weighted by molar-refractivity contribution is 0.122. The molecule has 25 heavy (non-hydrogen) atoms. The quantitative estimate of drug-likeness (QED) is 0.908. The summed E-state index contributed by atoms with van der Waals surface area (Å²) in [7, 11) is 0. The molecular weight excluding hydrogens is 318 g/mol. The van der Waals surface area contributed by atoms with Gasteiger partial charge in [0.05, 0.1) is 19.8 Å². The monoisotopic (exact) mass is 345 g/mol. The van der Waals surface area contributed by atoms with Crippen LogP contribution in [0, 0.1) is 5.41 Å². The Hall–Kier alpha value is -1.79. The van der Waals surface area contributed by atoms with Crippen molar-refractivity contribution in [3.63, 3.8) is 0 Å². The minimum atomic E-state index is 0.0422. The van der Waals surface area contributed by atoms with E-state index in [9.17, 15) is 4.79 Å². The highest BCUT2D eigenvalue weighted by atomic mass is 16.5. The summed E-state index contributed by atoms with van der Waals surface area (Å²) in [6, 6.07) is 8.36. The van der Waals surface area contributed by atoms with E-state index >= 15 is 0 Å². The van der Waals surface area contributed by atoms with Crippen LogP contribution in [0.1, 0.15) is 18.4 Å². The fraction of sp³-hybridized carbons (Fsp3) is 0.632. The molecule has 1 N–H and O–H groups in total. The third kappa shape index (κ3) is 3.60. The predicted octanol–water partition coefficient (Wildman–Crippen LogP) is 1.85. The Bertz CT molecular complexity index is 610. The second kappa shape index (κ2) is 7.22. The molecule has 3 aliphatic heterocycles. The zero-order valence-corrected chi connectivity index (χ0v) is 14.7. The van der Waals surface area contributed by atoms with Crippen molar-refractivity contribution >= 4 is 11.7 Å². The molecule has 0 radical (unpaired) electrons. The van der Waals surface area contributed by atoms with Gasteiger partial charge in [0.2, 0.25) is 0 Å². The van der Waals surface area contributed by atoms with E-state index in [-0.39, 0.29) is 11.4 Å². The van der Waals surface area contributed by atoms with Crippen LogP contribution in [0.25, 0.3) is 0 Å². The molecule has 4 rings (SSSR count). The summed E-state index contributed by atoms with van der Waals surface area (Å²) in [4.78, 5) is 16.9. The van der Waals surface area contributed by atoms with E-state index in [0.717, 1.165) is 71.0 Å². The first-order chi connectivity index (χ1) is 12.3. The summed E-state index contributed by atoms with van der Waals surface area (Å²) < 4.78 is 11.0. The van der Waals surface area contributed by atoms with Crippen LogP contribution in [0.4, 0.5) is 10.5 Å². The van der Waals surface area contributed by atoms with Crippen molar-refractivity contribution < 1.29 is 14.3 Å². The number of benzene rings is 1. The van der Waals surface area contributed by atoms with E-state index in [2.05, 4.69) is 28.4 Å². The Morgan fingerprint density at radius 3 is 2.72 bits per heavy atom. The minimum Gasteiger partial charge on any atom is -0.381 e. The van der Waals surface area contributed by atoms with Crippen molar-refractivity contribution in [3.05, 3.63) is 29.8 Å². The van der Waals surface area contributed by atoms with Gasteiger partial charge < -0.3 is 24.6 Å². The van der Waals surface area contributed by atoms with Gasteiger partial charge in [0, 0.05) is 50.4 Å². The van der Waals surface area contributed by atoms with Gasteiger partial charge >= 0.3 is 6.03 Å². The average Bonchev–Trinajstić information content (AvgIpc) is 3.31. The van der Waals surface area contributed by atoms with Crippen LogP contribution in [-0.4, -0.2) is 63.5 Å². The van der Waals surface area contributed by atoms with Gasteiger partial charge in [-0.25, -0.2) is 4.79 Å². The molecule has 1 aromatic carbocycles. The number of likely N-dealkylation sites (tertiary alicyclic amines) is 1. The first-order valence-corrected chi connectivity index (χ1v) is 9.27. The number of morpholine rings is 1. The van der Waals surface area contributed by atoms with Crippen molar-refractivity contribution in [1.82, 2.24) is 10.2 Å². The number of ether oxygens (including phenoxy) is 2. The lowest BCUT2D eigenvalue weighted by atomic mass is 9.87. The summed E-state index contributed by atoms with van der Waals surface area (Å²) >= 11 is 0. The highest BCUT2D eigenvalue weighted by Gasteiger charge is 2.42. The third-order valence-electron chi connectivity index (χ3n) is 5.68. The minimum absolute atomic E-state index is 0.0422. The molecule has 0 aliphatic carbocycles. The fourth-order valence-corrected chi connectivity index (χ4v) is 4.14. The molecule has 3 aliphatic rings. The zero-order chi connectivity index (χ0) is 17.1. The number of hydrogen-bond donors (Lipinski definition) is 1. The van der Waals surface area contributed by atoms with E-state index in [1.807, 2.05) is 11.0 Å². The second-order valence-corrected chi connectivity index (χ2v) is 7.36. The summed E-state index contributed by atoms with van der Waals surface area (Å²) in [6.07, 6.45) is 2.14. The smallest absolute Gasteiger partial charge is 0.317 e. The number of nitrogens with one attached hydrogen (secondary N) is 1. The van der Waals surface area contributed by atoms with Crippen molar-refractivity contribution in [2.24, 2.45) is 5.41 Å². The van der Waals surface area contributed by atoms with Crippen molar-refractivity contribution in [2.75, 3.05) is 57.5 Å². The number of carbonyl (C=O) groups is 1. The molecule has 1 unspecified atom stereocenters. The first kappa shape index (κ1) is 16.7. The SMILES string of the molecule is O=C(NCc1ccccc1N1CCOCC1)N1CCC2(CCOC2)C1. The maximum absolute atomic E-state index is 12.6. The Morgan fingerprint density at radius 2 is 1.92 bits per heavy atom. The number of amides is 2. The molecule has 0 saturated carbocycles. The molecule has 6 nitrogen and oxygen atoms in total. The standard InChI is InChI=1S/C19H27N3O3/c23-18(22-7-5-19(14-22)6-10-25-15-19)20-13-16-3-1-2-4-17(16)21-8-11-24-12-9-21/h1-4H,5-15H2,(H,20,23). The van der Waals surface area contributed by atoms with Gasteiger partial charge in [0.15, 0.2) is 0 Å². The van der Waals surface area contributed by atoms with Crippen LogP contribution in [0.3, 0.4) is 0 Å². The van der Waals surface area contributed by atoms with Gasteiger partial charge in [-0.2, -0.15) is 0 Å². The van der Waals surface area contributed by atoms with Crippen molar-refractivity contribution in [3.8, 4) is 0 Å². The van der Waals surface area contributed by atoms with E-state index in [4.69, 9.17) is 9.47 Å². The number of nitrogens with zero attached hydrogens (tertiary/aromatic N) is 2. The Balaban J connectivity index is 1.36. The molecule has 0 bridgehead atoms. The van der Waals surface area contributed by atoms with Gasteiger partial charge in [-0.1, -0.05) is 18.2 Å². The highest BCUT2D eigenvalue weighted by Crippen LogP contribution is 2.38. The van der Waals surface area contributed by atoms with E-state index < -0.39 is 0 Å². The van der Waals surface area contributed by atoms with Crippen molar-refractivity contribution in [2.45, 2.75) is 19.4 Å². The topological polar surface area (TPSA) is 54.0 Å². The normalized spacial score (nSPS) is 26.4. The summed E-state index contributed by atoms with van der Waals surface area (Å²) in [5.74, 6) is 0. The Labute approximate surface area is 149 Å². The molecule has 1 aromatic rings. The van der Waals surface area contributed by atoms with Gasteiger partial charge in [0.25, 0.3) is 0 Å². The lowest BCUT2D eigenvalue weighted by Crippen LogP contribution is -2.40. The van der Waals surface area contributed by atoms with Crippen molar-refractivity contribution in [1.29, 1.82) is 0 Å². The first-order valence-electron chi connectivity index (χ1n) is 9.27. The highest BCUT2D eigenvalue weighted by molar-refractivity contribution is 5.75. The lowest BCUT2D eigenvalue weighted by Gasteiger charge is -2.30. The third-order valence-corrected chi connectivity index (χ3v) is 5.68. The number of anilines is 1. The predicted molar refractivity (Wildman–Crippen MR) is 95.8 cm³/mol. The molecule has 6 heteroatoms. The zero-order valence-electron chi connectivity index (χ0n) is 14.7. The van der Waals surface area contributed by atoms with Gasteiger partial charge in [-0.3, -0.25) is 0 Å². The fourth-order valence-electron chi connectivity index (χ4n) is 4.14. The Morgan fingerprint density at radius 1 is 1.08 bits per heavy atom. The molecule has 1 spiro atoms. The van der Waals surface area contributed by atoms with Crippen LogP contribution in [0.5, 0.6) is 0 Å². The number of rotatable bonds is 3. The van der Waals surface area contributed by atoms with Crippen LogP contribution in [0.15, 0.2) is 24.3 Å². The van der Waals surface area contributed by atoms with Gasteiger partial charge in [-0.15, -0.1) is 0 Å². The molecule has 0 aromatic heterocycles. The van der Waals surface area contributed by atoms with E-state index in [0.29, 0.717) is 6.54 Å². The molecule has 1 atom stereocenters. The number of carbonyl (C=O) groups excluding carboxylic acids is 1. The molecular formula is C19H27N3O3. The summed E-state index contributed by atoms with van der Waals surface area (Å²) in [5.41, 5.74) is 2.58. The summed E-state index contributed by atoms with van der Waals surface area (Å²) in [6.45, 7) is 7.19. The van der Waals surface area contributed by atoms with Gasteiger partial charge in [0.1, 0.15) is 0 Å². The largest absolute Gasteiger partial charge is 0.381 e. The van der Waals surface area contributed by atoms with Gasteiger partial charge in [-0.05, 0) is 24.5 Å². The molecule has 136 valence electrons. The number of hydrogen-bond acceptors (Lipinski definition) is 4. The molecule has 3 heterocycles. The van der Waals surface area contributed by atoms with E-state index in [1.54, 1.807) is 0 Å². The molecule has 3 saturated heterocycles. The number of urea groups is 1.